The third kappa shape index (κ3) is 9.96. The molecule has 2 unspecified atom stereocenters. The molecule has 3 amide bonds. The van der Waals surface area contributed by atoms with E-state index in [1.807, 2.05) is 0 Å². The van der Waals surface area contributed by atoms with Crippen LogP contribution in [-0.4, -0.2) is 66.6 Å². The molecule has 0 aromatic rings. The summed E-state index contributed by atoms with van der Waals surface area (Å²) in [5.41, 5.74) is -2.49. The predicted molar refractivity (Wildman–Crippen MR) is 129 cm³/mol. The van der Waals surface area contributed by atoms with E-state index in [9.17, 15) is 32.5 Å². The summed E-state index contributed by atoms with van der Waals surface area (Å²) in [5.74, 6) is -1.71. The molecule has 2 bridgehead atoms. The summed E-state index contributed by atoms with van der Waals surface area (Å²) >= 11 is 0. The quantitative estimate of drug-likeness (QED) is 0.171. The zero-order valence-corrected chi connectivity index (χ0v) is 24.7. The summed E-state index contributed by atoms with van der Waals surface area (Å²) < 4.78 is 56.6. The second-order valence-corrected chi connectivity index (χ2v) is 12.4. The number of ether oxygens (including phenoxy) is 1. The molecule has 0 aromatic heterocycles. The van der Waals surface area contributed by atoms with E-state index in [0.717, 1.165) is 25.7 Å². The van der Waals surface area contributed by atoms with E-state index in [4.69, 9.17) is 7.48 Å². The molecular formula is C24H40N3NaO8S. The molecule has 3 aliphatic rings. The van der Waals surface area contributed by atoms with Gasteiger partial charge in [-0.05, 0) is 62.2 Å². The van der Waals surface area contributed by atoms with Gasteiger partial charge in [-0.15, -0.1) is 0 Å². The molecule has 2 saturated carbocycles. The molecule has 4 N–H and O–H groups in total. The molecule has 1 aliphatic heterocycles. The first-order chi connectivity index (χ1) is 17.7. The van der Waals surface area contributed by atoms with Gasteiger partial charge in [-0.25, -0.2) is 13.2 Å². The molecule has 206 valence electrons. The maximum atomic E-state index is 13.1. The van der Waals surface area contributed by atoms with Gasteiger partial charge in [-0.2, -0.15) is 0 Å². The van der Waals surface area contributed by atoms with Crippen molar-refractivity contribution in [2.24, 2.45) is 29.6 Å². The van der Waals surface area contributed by atoms with E-state index in [1.165, 1.54) is 0 Å². The summed E-state index contributed by atoms with van der Waals surface area (Å²) in [6, 6.07) is -2.84. The van der Waals surface area contributed by atoms with Gasteiger partial charge in [0.1, 0.15) is 16.2 Å². The molecule has 1 heterocycles. The summed E-state index contributed by atoms with van der Waals surface area (Å²) in [6.07, 6.45) is 4.57. The third-order valence-electron chi connectivity index (χ3n) is 7.43. The Morgan fingerprint density at radius 3 is 2.38 bits per heavy atom. The average molecular weight is 556 g/mol. The summed E-state index contributed by atoms with van der Waals surface area (Å²) in [5, 5.41) is 17.4. The van der Waals surface area contributed by atoms with Crippen LogP contribution in [0.2, 0.25) is 0 Å². The van der Waals surface area contributed by atoms with Crippen molar-refractivity contribution in [1.82, 2.24) is 16.0 Å². The fourth-order valence-corrected chi connectivity index (χ4v) is 6.33. The Hall–Kier alpha value is -0.920. The van der Waals surface area contributed by atoms with Crippen LogP contribution >= 0.6 is 0 Å². The monoisotopic (exact) mass is 555 g/mol. The van der Waals surface area contributed by atoms with Gasteiger partial charge in [0.05, 0.1) is 15.3 Å². The van der Waals surface area contributed by atoms with Crippen molar-refractivity contribution in [3.05, 3.63) is 0 Å². The van der Waals surface area contributed by atoms with Crippen LogP contribution in [0.5, 0.6) is 0 Å². The van der Waals surface area contributed by atoms with Gasteiger partial charge >= 0.3 is 35.7 Å². The van der Waals surface area contributed by atoms with Crippen LogP contribution in [-0.2, 0) is 24.4 Å². The number of nitrogens with one attached hydrogen (secondary N) is 3. The number of aliphatic hydroxyl groups is 1. The summed E-state index contributed by atoms with van der Waals surface area (Å²) in [6.45, 7) is 1.68. The second kappa shape index (κ2) is 14.5. The van der Waals surface area contributed by atoms with Crippen molar-refractivity contribution in [2.75, 3.05) is 13.1 Å². The van der Waals surface area contributed by atoms with E-state index in [1.54, 1.807) is 13.8 Å². The van der Waals surface area contributed by atoms with Gasteiger partial charge in [0.2, 0.25) is 11.8 Å². The van der Waals surface area contributed by atoms with Crippen molar-refractivity contribution >= 4 is 28.0 Å². The first-order valence-electron chi connectivity index (χ1n) is 13.9. The minimum atomic E-state index is -5.22. The predicted octanol–water partition coefficient (Wildman–Crippen LogP) is -1.78. The second-order valence-electron chi connectivity index (χ2n) is 10.9. The normalized spacial score (nSPS) is 29.1. The number of hydrogen-bond acceptors (Lipinski definition) is 8. The Kier molecular flexibility index (Phi) is 11.4. The van der Waals surface area contributed by atoms with Crippen molar-refractivity contribution in [2.45, 2.75) is 89.2 Å². The molecule has 0 spiro atoms. The number of rotatable bonds is 11. The molecule has 3 rings (SSSR count). The van der Waals surface area contributed by atoms with E-state index >= 15 is 0 Å². The molecule has 0 aromatic carbocycles. The van der Waals surface area contributed by atoms with Gasteiger partial charge in [0.25, 0.3) is 0 Å². The van der Waals surface area contributed by atoms with Crippen LogP contribution in [0.1, 0.15) is 74.4 Å². The first kappa shape index (κ1) is 29.1. The molecule has 1 saturated heterocycles. The fourth-order valence-electron chi connectivity index (χ4n) is 5.75. The van der Waals surface area contributed by atoms with Gasteiger partial charge in [0, 0.05) is 12.5 Å². The Balaban J connectivity index is 0.00000533. The molecular weight excluding hydrogens is 513 g/mol. The molecule has 11 nitrogen and oxygen atoms in total. The van der Waals surface area contributed by atoms with Crippen LogP contribution in [0.25, 0.3) is 0 Å². The topological polar surface area (TPSA) is 174 Å². The Morgan fingerprint density at radius 2 is 1.84 bits per heavy atom. The van der Waals surface area contributed by atoms with Crippen LogP contribution < -0.4 is 45.5 Å². The molecule has 0 radical (unpaired) electrons. The Morgan fingerprint density at radius 1 is 1.19 bits per heavy atom. The van der Waals surface area contributed by atoms with Crippen LogP contribution in [0.3, 0.4) is 0 Å². The number of carbonyl (C=O) groups excluding carboxylic acids is 3. The average Bonchev–Trinajstić information content (AvgIpc) is 3.20. The number of alkyl carbamates (subject to hydrolysis) is 1. The minimum Gasteiger partial charge on any atom is -0.746 e. The summed E-state index contributed by atoms with van der Waals surface area (Å²) in [7, 11) is -5.22. The number of amides is 3. The first-order valence-corrected chi connectivity index (χ1v) is 14.3. The standard InChI is InChI=1S/C24H41N3O8S.Na/c1-14(2)8-19(27-24(31)35-13-17-10-15-4-3-5-16(9-15)11-17)22(29)26-20(23(30)36(32,33)34)12-18-6-7-25-21(18)28;/h14-20,23,30H,3-13H2,1-2H3,(H,25,28)(H,26,29)(H,27,31)(H,32,33,34);/q;+1/p-1/t15-,16+,17?,18-,19-,20-,23?;/m0./s1/i13D2;. The van der Waals surface area contributed by atoms with Crippen LogP contribution in [0.15, 0.2) is 0 Å². The largest absolute Gasteiger partial charge is 1.00 e. The third-order valence-corrected chi connectivity index (χ3v) is 8.35. The van der Waals surface area contributed by atoms with Crippen LogP contribution in [0.4, 0.5) is 4.79 Å². The van der Waals surface area contributed by atoms with Crippen molar-refractivity contribution in [3.8, 4) is 0 Å². The van der Waals surface area contributed by atoms with Gasteiger partial charge in [-0.3, -0.25) is 9.59 Å². The van der Waals surface area contributed by atoms with Crippen molar-refractivity contribution in [1.29, 1.82) is 0 Å². The summed E-state index contributed by atoms with van der Waals surface area (Å²) in [4.78, 5) is 37.8. The SMILES string of the molecule is [2H]C([2H])(OC(=O)N[C@@H](CC(C)C)C(=O)N[C@@H](C[C@@H]1CCNC1=O)C(O)S(=O)(=O)[O-])C1C[C@H]2CCC[C@@H](C1)C2.[Na+]. The van der Waals surface area contributed by atoms with Gasteiger partial charge in [-0.1, -0.05) is 33.1 Å². The van der Waals surface area contributed by atoms with Crippen LogP contribution in [0, 0.1) is 29.6 Å². The minimum absolute atomic E-state index is 0. The Labute approximate surface area is 244 Å². The van der Waals surface area contributed by atoms with Gasteiger partial charge in [0.15, 0.2) is 5.44 Å². The Bertz CT molecular complexity index is 974. The van der Waals surface area contributed by atoms with E-state index in [-0.39, 0.29) is 54.2 Å². The number of carbonyl (C=O) groups is 3. The van der Waals surface area contributed by atoms with E-state index in [0.29, 0.717) is 37.6 Å². The van der Waals surface area contributed by atoms with Gasteiger partial charge < -0.3 is 30.3 Å². The van der Waals surface area contributed by atoms with Crippen molar-refractivity contribution < 1.29 is 69.5 Å². The van der Waals surface area contributed by atoms with E-state index < -0.39 is 58.0 Å². The zero-order chi connectivity index (χ0) is 28.3. The maximum Gasteiger partial charge on any atom is 1.00 e. The molecule has 3 fully saturated rings. The zero-order valence-electron chi connectivity index (χ0n) is 23.9. The van der Waals surface area contributed by atoms with Crippen molar-refractivity contribution in [3.63, 3.8) is 0 Å². The maximum absolute atomic E-state index is 13.1. The fraction of sp³-hybridized carbons (Fsp3) is 0.875. The molecule has 2 aliphatic carbocycles. The number of fused-ring (bicyclic) bond motifs is 2. The molecule has 37 heavy (non-hydrogen) atoms. The molecule has 13 heteroatoms. The molecule has 7 atom stereocenters. The number of hydrogen-bond donors (Lipinski definition) is 4. The number of aliphatic hydroxyl groups excluding tert-OH is 1. The van der Waals surface area contributed by atoms with E-state index in [2.05, 4.69) is 16.0 Å². The smallest absolute Gasteiger partial charge is 0.746 e.